The molecule has 2 aromatic heterocycles. The summed E-state index contributed by atoms with van der Waals surface area (Å²) in [7, 11) is 0. The molecule has 0 radical (unpaired) electrons. The van der Waals surface area contributed by atoms with E-state index in [2.05, 4.69) is 15.0 Å². The van der Waals surface area contributed by atoms with Crippen LogP contribution in [-0.4, -0.2) is 15.0 Å². The minimum absolute atomic E-state index is 0.127. The van der Waals surface area contributed by atoms with Crippen molar-refractivity contribution in [3.8, 4) is 11.4 Å². The Bertz CT molecular complexity index is 575. The molecule has 5 heteroatoms. The molecule has 0 spiro atoms. The number of nitrogens with zero attached hydrogens (tertiary/aromatic N) is 2. The number of hydrogen-bond acceptors (Lipinski definition) is 3. The van der Waals surface area contributed by atoms with Gasteiger partial charge in [0.2, 0.25) is 0 Å². The standard InChI is InChI=1S/C11H10ClN3O/c1-6-7(2)14-10(15-11(6)16)8-3-4-9(12)13-5-8/h3-5H,1-2H3,(H,14,15,16). The van der Waals surface area contributed by atoms with Gasteiger partial charge in [0.1, 0.15) is 11.0 Å². The van der Waals surface area contributed by atoms with Gasteiger partial charge in [-0.2, -0.15) is 0 Å². The Balaban J connectivity index is 2.57. The van der Waals surface area contributed by atoms with Crippen LogP contribution < -0.4 is 5.56 Å². The van der Waals surface area contributed by atoms with Crippen molar-refractivity contribution in [3.05, 3.63) is 45.1 Å². The van der Waals surface area contributed by atoms with Gasteiger partial charge in [0.25, 0.3) is 5.56 Å². The third kappa shape index (κ3) is 1.97. The van der Waals surface area contributed by atoms with Crippen LogP contribution in [0.5, 0.6) is 0 Å². The molecule has 82 valence electrons. The van der Waals surface area contributed by atoms with Crippen LogP contribution in [0, 0.1) is 13.8 Å². The van der Waals surface area contributed by atoms with Crippen LogP contribution in [-0.2, 0) is 0 Å². The van der Waals surface area contributed by atoms with Gasteiger partial charge in [-0.25, -0.2) is 9.97 Å². The Morgan fingerprint density at radius 3 is 2.62 bits per heavy atom. The maximum Gasteiger partial charge on any atom is 0.254 e. The average Bonchev–Trinajstić information content (AvgIpc) is 2.26. The van der Waals surface area contributed by atoms with Crippen LogP contribution in [0.15, 0.2) is 23.1 Å². The third-order valence-electron chi connectivity index (χ3n) is 2.40. The number of aromatic nitrogens is 3. The van der Waals surface area contributed by atoms with Gasteiger partial charge in [-0.3, -0.25) is 4.79 Å². The van der Waals surface area contributed by atoms with Crippen LogP contribution in [0.4, 0.5) is 0 Å². The van der Waals surface area contributed by atoms with E-state index < -0.39 is 0 Å². The molecule has 1 N–H and O–H groups in total. The zero-order valence-corrected chi connectivity index (χ0v) is 9.67. The van der Waals surface area contributed by atoms with Crippen molar-refractivity contribution in [2.75, 3.05) is 0 Å². The highest BCUT2D eigenvalue weighted by Crippen LogP contribution is 2.15. The second-order valence-electron chi connectivity index (χ2n) is 3.49. The number of nitrogens with one attached hydrogen (secondary N) is 1. The fourth-order valence-electron chi connectivity index (χ4n) is 1.30. The first-order valence-corrected chi connectivity index (χ1v) is 5.15. The molecule has 0 aliphatic heterocycles. The maximum absolute atomic E-state index is 11.6. The smallest absolute Gasteiger partial charge is 0.254 e. The predicted octanol–water partition coefficient (Wildman–Crippen LogP) is 2.10. The van der Waals surface area contributed by atoms with Gasteiger partial charge in [0.05, 0.1) is 0 Å². The molecule has 0 amide bonds. The summed E-state index contributed by atoms with van der Waals surface area (Å²) in [6.07, 6.45) is 1.58. The summed E-state index contributed by atoms with van der Waals surface area (Å²) in [5.41, 5.74) is 1.96. The Morgan fingerprint density at radius 1 is 1.31 bits per heavy atom. The highest BCUT2D eigenvalue weighted by Gasteiger charge is 2.05. The summed E-state index contributed by atoms with van der Waals surface area (Å²) in [5.74, 6) is 0.511. The molecular weight excluding hydrogens is 226 g/mol. The van der Waals surface area contributed by atoms with Crippen molar-refractivity contribution in [2.24, 2.45) is 0 Å². The lowest BCUT2D eigenvalue weighted by Crippen LogP contribution is -2.14. The number of aryl methyl sites for hydroxylation is 1. The van der Waals surface area contributed by atoms with Crippen LogP contribution in [0.25, 0.3) is 11.4 Å². The van der Waals surface area contributed by atoms with E-state index in [0.717, 1.165) is 5.56 Å². The highest BCUT2D eigenvalue weighted by molar-refractivity contribution is 6.29. The molecule has 0 saturated carbocycles. The first kappa shape index (κ1) is 10.8. The molecule has 0 saturated heterocycles. The van der Waals surface area contributed by atoms with Gasteiger partial charge in [0.15, 0.2) is 0 Å². The lowest BCUT2D eigenvalue weighted by Gasteiger charge is -2.03. The minimum atomic E-state index is -0.127. The summed E-state index contributed by atoms with van der Waals surface area (Å²) in [4.78, 5) is 22.5. The van der Waals surface area contributed by atoms with E-state index in [-0.39, 0.29) is 5.56 Å². The van der Waals surface area contributed by atoms with Crippen LogP contribution in [0.2, 0.25) is 5.15 Å². The molecule has 4 nitrogen and oxygen atoms in total. The van der Waals surface area contributed by atoms with E-state index in [0.29, 0.717) is 22.2 Å². The molecule has 0 atom stereocenters. The fourth-order valence-corrected chi connectivity index (χ4v) is 1.41. The topological polar surface area (TPSA) is 58.6 Å². The highest BCUT2D eigenvalue weighted by atomic mass is 35.5. The van der Waals surface area contributed by atoms with Crippen molar-refractivity contribution in [1.82, 2.24) is 15.0 Å². The van der Waals surface area contributed by atoms with Crippen molar-refractivity contribution in [3.63, 3.8) is 0 Å². The largest absolute Gasteiger partial charge is 0.306 e. The molecule has 2 rings (SSSR count). The second-order valence-corrected chi connectivity index (χ2v) is 3.88. The molecule has 0 aromatic carbocycles. The number of aromatic amines is 1. The third-order valence-corrected chi connectivity index (χ3v) is 2.62. The molecule has 0 fully saturated rings. The lowest BCUT2D eigenvalue weighted by atomic mass is 10.2. The summed E-state index contributed by atoms with van der Waals surface area (Å²) in [6, 6.07) is 3.43. The summed E-state index contributed by atoms with van der Waals surface area (Å²) in [5, 5.41) is 0.412. The number of hydrogen-bond donors (Lipinski definition) is 1. The van der Waals surface area contributed by atoms with Gasteiger partial charge in [0, 0.05) is 23.0 Å². The summed E-state index contributed by atoms with van der Waals surface area (Å²) < 4.78 is 0. The van der Waals surface area contributed by atoms with Gasteiger partial charge < -0.3 is 4.98 Å². The molecule has 2 heterocycles. The second kappa shape index (κ2) is 4.06. The zero-order chi connectivity index (χ0) is 11.7. The predicted molar refractivity (Wildman–Crippen MR) is 62.6 cm³/mol. The molecule has 2 aromatic rings. The zero-order valence-electron chi connectivity index (χ0n) is 8.91. The first-order chi connectivity index (χ1) is 7.58. The number of H-pyrrole nitrogens is 1. The summed E-state index contributed by atoms with van der Waals surface area (Å²) in [6.45, 7) is 3.54. The van der Waals surface area contributed by atoms with E-state index in [1.807, 2.05) is 0 Å². The Hall–Kier alpha value is -1.68. The Kier molecular flexibility index (Phi) is 2.75. The number of pyridine rings is 1. The molecule has 0 aliphatic rings. The van der Waals surface area contributed by atoms with Crippen molar-refractivity contribution >= 4 is 11.6 Å². The first-order valence-electron chi connectivity index (χ1n) is 4.77. The fraction of sp³-hybridized carbons (Fsp3) is 0.182. The van der Waals surface area contributed by atoms with Crippen molar-refractivity contribution < 1.29 is 0 Å². The molecule has 0 unspecified atom stereocenters. The summed E-state index contributed by atoms with van der Waals surface area (Å²) >= 11 is 5.68. The molecule has 0 bridgehead atoms. The average molecular weight is 236 g/mol. The minimum Gasteiger partial charge on any atom is -0.306 e. The van der Waals surface area contributed by atoms with E-state index in [9.17, 15) is 4.79 Å². The molecule has 0 aliphatic carbocycles. The quantitative estimate of drug-likeness (QED) is 0.770. The van der Waals surface area contributed by atoms with Crippen molar-refractivity contribution in [1.29, 1.82) is 0 Å². The van der Waals surface area contributed by atoms with E-state index in [1.54, 1.807) is 32.2 Å². The number of halogens is 1. The van der Waals surface area contributed by atoms with E-state index in [1.165, 1.54) is 0 Å². The van der Waals surface area contributed by atoms with Gasteiger partial charge in [-0.1, -0.05) is 11.6 Å². The van der Waals surface area contributed by atoms with Crippen LogP contribution >= 0.6 is 11.6 Å². The van der Waals surface area contributed by atoms with Gasteiger partial charge >= 0.3 is 0 Å². The van der Waals surface area contributed by atoms with Crippen molar-refractivity contribution in [2.45, 2.75) is 13.8 Å². The lowest BCUT2D eigenvalue weighted by molar-refractivity contribution is 1.03. The van der Waals surface area contributed by atoms with E-state index >= 15 is 0 Å². The van der Waals surface area contributed by atoms with E-state index in [4.69, 9.17) is 11.6 Å². The Labute approximate surface area is 97.3 Å². The SMILES string of the molecule is Cc1nc(-c2ccc(Cl)nc2)[nH]c(=O)c1C. The van der Waals surface area contributed by atoms with Gasteiger partial charge in [-0.15, -0.1) is 0 Å². The van der Waals surface area contributed by atoms with Gasteiger partial charge in [-0.05, 0) is 26.0 Å². The monoisotopic (exact) mass is 235 g/mol. The van der Waals surface area contributed by atoms with Crippen LogP contribution in [0.1, 0.15) is 11.3 Å². The van der Waals surface area contributed by atoms with Crippen LogP contribution in [0.3, 0.4) is 0 Å². The maximum atomic E-state index is 11.6. The normalized spacial score (nSPS) is 10.4. The Morgan fingerprint density at radius 2 is 2.06 bits per heavy atom. The molecule has 16 heavy (non-hydrogen) atoms. The number of rotatable bonds is 1. The molecular formula is C11H10ClN3O.